The number of nitrogens with zero attached hydrogens (tertiary/aromatic N) is 1. The van der Waals surface area contributed by atoms with Crippen molar-refractivity contribution >= 4 is 11.5 Å². The fraction of sp³-hybridized carbons (Fsp3) is 0.154. The molecule has 1 aromatic heterocycles. The minimum absolute atomic E-state index is 0.0370. The Morgan fingerprint density at radius 1 is 1.26 bits per heavy atom. The number of H-pyrrole nitrogens is 1. The van der Waals surface area contributed by atoms with Gasteiger partial charge in [0.05, 0.1) is 12.0 Å². The van der Waals surface area contributed by atoms with Crippen LogP contribution in [0.4, 0.5) is 11.5 Å². The highest BCUT2D eigenvalue weighted by atomic mass is 16.6. The van der Waals surface area contributed by atoms with Crippen LogP contribution in [-0.2, 0) is 6.54 Å². The van der Waals surface area contributed by atoms with Crippen molar-refractivity contribution in [3.05, 3.63) is 58.3 Å². The number of aromatic nitrogens is 1. The van der Waals surface area contributed by atoms with Crippen LogP contribution in [0.1, 0.15) is 5.56 Å². The smallest absolute Gasteiger partial charge is 0.308 e. The molecule has 0 atom stereocenters. The lowest BCUT2D eigenvalue weighted by Gasteiger charge is -2.02. The van der Waals surface area contributed by atoms with E-state index in [0.717, 1.165) is 17.1 Å². The van der Waals surface area contributed by atoms with Gasteiger partial charge >= 0.3 is 5.69 Å². The third kappa shape index (κ3) is 3.41. The highest BCUT2D eigenvalue weighted by Gasteiger charge is 2.08. The average molecular weight is 260 g/mol. The van der Waals surface area contributed by atoms with Crippen molar-refractivity contribution in [2.75, 3.05) is 12.4 Å². The van der Waals surface area contributed by atoms with E-state index in [2.05, 4.69) is 10.3 Å². The van der Waals surface area contributed by atoms with Crippen molar-refractivity contribution in [1.29, 1.82) is 0 Å². The Bertz CT molecular complexity index is 552. The molecule has 0 amide bonds. The van der Waals surface area contributed by atoms with Crippen LogP contribution < -0.4 is 15.0 Å². The second-order valence-electron chi connectivity index (χ2n) is 3.92. The summed E-state index contributed by atoms with van der Waals surface area (Å²) < 4.78 is 5.08. The molecule has 19 heavy (non-hydrogen) atoms. The fourth-order valence-electron chi connectivity index (χ4n) is 1.58. The van der Waals surface area contributed by atoms with E-state index in [-0.39, 0.29) is 5.69 Å². The maximum absolute atomic E-state index is 10.5. The molecule has 2 N–H and O–H groups in total. The zero-order valence-electron chi connectivity index (χ0n) is 10.4. The Kier molecular flexibility index (Phi) is 3.92. The Balaban J connectivity index is 1.95. The van der Waals surface area contributed by atoms with Gasteiger partial charge in [-0.05, 0) is 17.7 Å². The Labute approximate surface area is 110 Å². The Morgan fingerprint density at radius 2 is 2.00 bits per heavy atom. The molecule has 0 saturated heterocycles. The van der Waals surface area contributed by atoms with E-state index in [1.165, 1.54) is 12.3 Å². The maximum atomic E-state index is 10.5. The SMILES string of the molecule is COc1ccc(CNc2ccc([N+](=O)[O-])c[nH+]2)cc1. The molecule has 0 fully saturated rings. The number of nitro groups is 1. The molecule has 0 unspecified atom stereocenters. The van der Waals surface area contributed by atoms with Gasteiger partial charge in [-0.3, -0.25) is 15.4 Å². The molecular formula is C13H14N3O3+. The van der Waals surface area contributed by atoms with Crippen LogP contribution in [-0.4, -0.2) is 12.0 Å². The van der Waals surface area contributed by atoms with Crippen molar-refractivity contribution in [3.8, 4) is 5.75 Å². The van der Waals surface area contributed by atoms with Gasteiger partial charge in [0.15, 0.2) is 6.20 Å². The molecule has 0 aliphatic heterocycles. The number of nitrogens with one attached hydrogen (secondary N) is 2. The van der Waals surface area contributed by atoms with Crippen LogP contribution in [0.3, 0.4) is 0 Å². The van der Waals surface area contributed by atoms with Crippen molar-refractivity contribution in [3.63, 3.8) is 0 Å². The van der Waals surface area contributed by atoms with Gasteiger partial charge in [-0.25, -0.2) is 4.98 Å². The topological polar surface area (TPSA) is 78.5 Å². The average Bonchev–Trinajstić information content (AvgIpc) is 2.46. The van der Waals surface area contributed by atoms with Gasteiger partial charge in [-0.2, -0.15) is 0 Å². The summed E-state index contributed by atoms with van der Waals surface area (Å²) >= 11 is 0. The summed E-state index contributed by atoms with van der Waals surface area (Å²) in [5.41, 5.74) is 1.13. The highest BCUT2D eigenvalue weighted by molar-refractivity contribution is 5.36. The largest absolute Gasteiger partial charge is 0.497 e. The van der Waals surface area contributed by atoms with Gasteiger partial charge in [0, 0.05) is 12.1 Å². The zero-order valence-corrected chi connectivity index (χ0v) is 10.4. The molecule has 1 aromatic carbocycles. The molecule has 0 radical (unpaired) electrons. The van der Waals surface area contributed by atoms with Gasteiger partial charge in [-0.1, -0.05) is 12.1 Å². The molecule has 0 aliphatic carbocycles. The monoisotopic (exact) mass is 260 g/mol. The minimum Gasteiger partial charge on any atom is -0.497 e. The predicted octanol–water partition coefficient (Wildman–Crippen LogP) is 2.03. The number of pyridine rings is 1. The molecule has 6 nitrogen and oxygen atoms in total. The first-order valence-corrected chi connectivity index (χ1v) is 5.72. The minimum atomic E-state index is -0.441. The fourth-order valence-corrected chi connectivity index (χ4v) is 1.58. The summed E-state index contributed by atoms with van der Waals surface area (Å²) in [4.78, 5) is 12.9. The van der Waals surface area contributed by atoms with Crippen LogP contribution in [0.15, 0.2) is 42.6 Å². The second-order valence-corrected chi connectivity index (χ2v) is 3.92. The number of methoxy groups -OCH3 is 1. The van der Waals surface area contributed by atoms with Gasteiger partial charge in [0.2, 0.25) is 0 Å². The van der Waals surface area contributed by atoms with E-state index in [1.54, 1.807) is 13.2 Å². The molecule has 0 bridgehead atoms. The molecule has 98 valence electrons. The van der Waals surface area contributed by atoms with Crippen molar-refractivity contribution < 1.29 is 14.6 Å². The number of ether oxygens (including phenoxy) is 1. The third-order valence-corrected chi connectivity index (χ3v) is 2.65. The first-order valence-electron chi connectivity index (χ1n) is 5.72. The number of aromatic amines is 1. The molecule has 6 heteroatoms. The van der Waals surface area contributed by atoms with E-state index in [1.807, 2.05) is 24.3 Å². The van der Waals surface area contributed by atoms with E-state index in [4.69, 9.17) is 4.74 Å². The number of anilines is 1. The van der Waals surface area contributed by atoms with Gasteiger partial charge in [-0.15, -0.1) is 0 Å². The quantitative estimate of drug-likeness (QED) is 0.659. The summed E-state index contributed by atoms with van der Waals surface area (Å²) in [6, 6.07) is 10.8. The summed E-state index contributed by atoms with van der Waals surface area (Å²) in [5.74, 6) is 1.53. The van der Waals surface area contributed by atoms with Gasteiger partial charge < -0.3 is 4.74 Å². The van der Waals surface area contributed by atoms with Gasteiger partial charge in [0.1, 0.15) is 12.3 Å². The van der Waals surface area contributed by atoms with Gasteiger partial charge in [0.25, 0.3) is 5.82 Å². The van der Waals surface area contributed by atoms with Crippen LogP contribution in [0, 0.1) is 10.1 Å². The second kappa shape index (κ2) is 5.81. The molecule has 0 spiro atoms. The van der Waals surface area contributed by atoms with Crippen LogP contribution in [0.2, 0.25) is 0 Å². The normalized spacial score (nSPS) is 9.95. The Hall–Kier alpha value is -2.63. The maximum Gasteiger partial charge on any atom is 0.308 e. The Morgan fingerprint density at radius 3 is 2.53 bits per heavy atom. The molecule has 2 rings (SSSR count). The van der Waals surface area contributed by atoms with Crippen LogP contribution in [0.25, 0.3) is 0 Å². The van der Waals surface area contributed by atoms with Crippen molar-refractivity contribution in [2.24, 2.45) is 0 Å². The summed E-state index contributed by atoms with van der Waals surface area (Å²) in [6.07, 6.45) is 1.36. The highest BCUT2D eigenvalue weighted by Crippen LogP contribution is 2.13. The zero-order chi connectivity index (χ0) is 13.7. The molecule has 2 aromatic rings. The lowest BCUT2D eigenvalue weighted by molar-refractivity contribution is -0.413. The first-order chi connectivity index (χ1) is 9.19. The summed E-state index contributed by atoms with van der Waals surface area (Å²) in [5, 5.41) is 13.7. The first kappa shape index (κ1) is 12.8. The summed E-state index contributed by atoms with van der Waals surface area (Å²) in [6.45, 7) is 0.623. The van der Waals surface area contributed by atoms with Crippen molar-refractivity contribution in [2.45, 2.75) is 6.54 Å². The predicted molar refractivity (Wildman–Crippen MR) is 70.0 cm³/mol. The number of hydrogen-bond acceptors (Lipinski definition) is 4. The summed E-state index contributed by atoms with van der Waals surface area (Å²) in [7, 11) is 1.62. The van der Waals surface area contributed by atoms with E-state index in [0.29, 0.717) is 6.54 Å². The standard InChI is InChI=1S/C13H13N3O3/c1-19-12-5-2-10(3-6-12)8-14-13-7-4-11(9-15-13)16(17)18/h2-7,9H,8H2,1H3,(H,14,15)/p+1. The number of hydrogen-bond donors (Lipinski definition) is 1. The number of rotatable bonds is 5. The number of benzene rings is 1. The molecule has 0 saturated carbocycles. The lowest BCUT2D eigenvalue weighted by atomic mass is 10.2. The molecular weight excluding hydrogens is 246 g/mol. The molecule has 1 heterocycles. The van der Waals surface area contributed by atoms with Crippen molar-refractivity contribution in [1.82, 2.24) is 0 Å². The van der Waals surface area contributed by atoms with E-state index < -0.39 is 4.92 Å². The van der Waals surface area contributed by atoms with Crippen LogP contribution in [0.5, 0.6) is 5.75 Å². The third-order valence-electron chi connectivity index (χ3n) is 2.65. The van der Waals surface area contributed by atoms with E-state index >= 15 is 0 Å². The van der Waals surface area contributed by atoms with Crippen LogP contribution >= 0.6 is 0 Å². The molecule has 0 aliphatic rings. The van der Waals surface area contributed by atoms with E-state index in [9.17, 15) is 10.1 Å². The lowest BCUT2D eigenvalue weighted by Crippen LogP contribution is -2.13.